The minimum atomic E-state index is 0.550. The van der Waals surface area contributed by atoms with Gasteiger partial charge in [-0.05, 0) is 31.0 Å². The third-order valence-electron chi connectivity index (χ3n) is 2.77. The van der Waals surface area contributed by atoms with Crippen molar-refractivity contribution in [3.05, 3.63) is 29.3 Å². The molecule has 0 saturated heterocycles. The van der Waals surface area contributed by atoms with Crippen LogP contribution in [-0.2, 0) is 6.42 Å². The van der Waals surface area contributed by atoms with E-state index < -0.39 is 0 Å². The molecule has 0 saturated carbocycles. The maximum atomic E-state index is 5.60. The summed E-state index contributed by atoms with van der Waals surface area (Å²) in [6.07, 6.45) is 2.11. The monoisotopic (exact) mass is 191 g/mol. The molecule has 1 aliphatic rings. The molecule has 0 aromatic heterocycles. The highest BCUT2D eigenvalue weighted by molar-refractivity contribution is 5.42. The standard InChI is InChI=1S/C12H17NO/c1-9-8-14-12-7-10(3-2-6-13)4-5-11(9)12/h4-5,7,9H,2-3,6,8,13H2,1H3. The second-order valence-corrected chi connectivity index (χ2v) is 3.98. The molecular weight excluding hydrogens is 174 g/mol. The molecular formula is C12H17NO. The van der Waals surface area contributed by atoms with E-state index in [1.807, 2.05) is 0 Å². The Balaban J connectivity index is 2.15. The molecule has 2 heteroatoms. The third kappa shape index (κ3) is 1.75. The predicted molar refractivity (Wildman–Crippen MR) is 57.7 cm³/mol. The van der Waals surface area contributed by atoms with E-state index in [1.54, 1.807) is 0 Å². The first-order chi connectivity index (χ1) is 6.81. The van der Waals surface area contributed by atoms with Gasteiger partial charge < -0.3 is 10.5 Å². The Kier molecular flexibility index (Phi) is 2.73. The maximum Gasteiger partial charge on any atom is 0.123 e. The van der Waals surface area contributed by atoms with Crippen molar-refractivity contribution in [2.45, 2.75) is 25.7 Å². The minimum absolute atomic E-state index is 0.550. The molecule has 1 heterocycles. The zero-order chi connectivity index (χ0) is 9.97. The van der Waals surface area contributed by atoms with Gasteiger partial charge in [-0.1, -0.05) is 19.1 Å². The number of aryl methyl sites for hydroxylation is 1. The first-order valence-corrected chi connectivity index (χ1v) is 5.27. The fourth-order valence-corrected chi connectivity index (χ4v) is 1.88. The Hall–Kier alpha value is -1.02. The SMILES string of the molecule is CC1COc2cc(CCCN)ccc21. The van der Waals surface area contributed by atoms with Crippen LogP contribution in [0.25, 0.3) is 0 Å². The summed E-state index contributed by atoms with van der Waals surface area (Å²) in [7, 11) is 0. The minimum Gasteiger partial charge on any atom is -0.493 e. The highest BCUT2D eigenvalue weighted by Gasteiger charge is 2.19. The Morgan fingerprint density at radius 2 is 2.36 bits per heavy atom. The summed E-state index contributed by atoms with van der Waals surface area (Å²) in [5, 5.41) is 0. The van der Waals surface area contributed by atoms with E-state index in [9.17, 15) is 0 Å². The molecule has 1 aromatic rings. The van der Waals surface area contributed by atoms with Crippen molar-refractivity contribution in [3.8, 4) is 5.75 Å². The highest BCUT2D eigenvalue weighted by Crippen LogP contribution is 2.34. The van der Waals surface area contributed by atoms with Crippen LogP contribution in [0.2, 0.25) is 0 Å². The van der Waals surface area contributed by atoms with Gasteiger partial charge in [0.25, 0.3) is 0 Å². The lowest BCUT2D eigenvalue weighted by molar-refractivity contribution is 0.337. The molecule has 2 rings (SSSR count). The molecule has 1 atom stereocenters. The fourth-order valence-electron chi connectivity index (χ4n) is 1.88. The van der Waals surface area contributed by atoms with E-state index in [4.69, 9.17) is 10.5 Å². The average Bonchev–Trinajstić information content (AvgIpc) is 2.57. The van der Waals surface area contributed by atoms with E-state index in [0.29, 0.717) is 5.92 Å². The van der Waals surface area contributed by atoms with E-state index >= 15 is 0 Å². The summed E-state index contributed by atoms with van der Waals surface area (Å²) >= 11 is 0. The molecule has 14 heavy (non-hydrogen) atoms. The number of ether oxygens (including phenoxy) is 1. The van der Waals surface area contributed by atoms with E-state index in [-0.39, 0.29) is 0 Å². The summed E-state index contributed by atoms with van der Waals surface area (Å²) in [4.78, 5) is 0. The topological polar surface area (TPSA) is 35.2 Å². The molecule has 0 spiro atoms. The second kappa shape index (κ2) is 4.01. The van der Waals surface area contributed by atoms with Gasteiger partial charge in [0.15, 0.2) is 0 Å². The van der Waals surface area contributed by atoms with Crippen LogP contribution in [0.4, 0.5) is 0 Å². The van der Waals surface area contributed by atoms with Crippen LogP contribution in [0, 0.1) is 0 Å². The summed E-state index contributed by atoms with van der Waals surface area (Å²) in [5.74, 6) is 1.63. The van der Waals surface area contributed by atoms with Gasteiger partial charge in [0, 0.05) is 11.5 Å². The molecule has 76 valence electrons. The smallest absolute Gasteiger partial charge is 0.123 e. The Labute approximate surface area is 85.1 Å². The number of hydrogen-bond acceptors (Lipinski definition) is 2. The fraction of sp³-hybridized carbons (Fsp3) is 0.500. The van der Waals surface area contributed by atoms with Crippen molar-refractivity contribution in [1.29, 1.82) is 0 Å². The lowest BCUT2D eigenvalue weighted by atomic mass is 10.0. The zero-order valence-electron chi connectivity index (χ0n) is 8.62. The van der Waals surface area contributed by atoms with Gasteiger partial charge in [0.05, 0.1) is 6.61 Å². The first-order valence-electron chi connectivity index (χ1n) is 5.27. The molecule has 0 amide bonds. The largest absolute Gasteiger partial charge is 0.493 e. The molecule has 2 nitrogen and oxygen atoms in total. The molecule has 0 bridgehead atoms. The summed E-state index contributed by atoms with van der Waals surface area (Å²) in [6.45, 7) is 3.79. The predicted octanol–water partition coefficient (Wildman–Crippen LogP) is 2.07. The van der Waals surface area contributed by atoms with Gasteiger partial charge in [-0.15, -0.1) is 0 Å². The van der Waals surface area contributed by atoms with Crippen molar-refractivity contribution in [2.75, 3.05) is 13.2 Å². The summed E-state index contributed by atoms with van der Waals surface area (Å²) in [5.41, 5.74) is 8.16. The Morgan fingerprint density at radius 1 is 1.50 bits per heavy atom. The number of nitrogens with two attached hydrogens (primary N) is 1. The molecule has 0 fully saturated rings. The van der Waals surface area contributed by atoms with Gasteiger partial charge in [0.1, 0.15) is 5.75 Å². The van der Waals surface area contributed by atoms with Crippen molar-refractivity contribution < 1.29 is 4.74 Å². The maximum absolute atomic E-state index is 5.60. The summed E-state index contributed by atoms with van der Waals surface area (Å²) in [6, 6.07) is 6.55. The van der Waals surface area contributed by atoms with Gasteiger partial charge in [-0.2, -0.15) is 0 Å². The Morgan fingerprint density at radius 3 is 3.14 bits per heavy atom. The quantitative estimate of drug-likeness (QED) is 0.793. The normalized spacial score (nSPS) is 19.1. The Bertz CT molecular complexity index is 322. The van der Waals surface area contributed by atoms with Crippen molar-refractivity contribution in [3.63, 3.8) is 0 Å². The number of hydrogen-bond donors (Lipinski definition) is 1. The lowest BCUT2D eigenvalue weighted by Gasteiger charge is -2.04. The van der Waals surface area contributed by atoms with Crippen LogP contribution < -0.4 is 10.5 Å². The van der Waals surface area contributed by atoms with Crippen LogP contribution in [0.5, 0.6) is 5.75 Å². The molecule has 2 N–H and O–H groups in total. The highest BCUT2D eigenvalue weighted by atomic mass is 16.5. The van der Waals surface area contributed by atoms with Crippen molar-refractivity contribution in [1.82, 2.24) is 0 Å². The van der Waals surface area contributed by atoms with Crippen LogP contribution in [0.1, 0.15) is 30.4 Å². The number of fused-ring (bicyclic) bond motifs is 1. The van der Waals surface area contributed by atoms with E-state index in [2.05, 4.69) is 25.1 Å². The van der Waals surface area contributed by atoms with Gasteiger partial charge in [-0.25, -0.2) is 0 Å². The van der Waals surface area contributed by atoms with Crippen LogP contribution in [-0.4, -0.2) is 13.2 Å². The zero-order valence-corrected chi connectivity index (χ0v) is 8.62. The molecule has 0 aliphatic carbocycles. The summed E-state index contributed by atoms with van der Waals surface area (Å²) < 4.78 is 5.60. The van der Waals surface area contributed by atoms with Crippen molar-refractivity contribution in [2.24, 2.45) is 5.73 Å². The third-order valence-corrected chi connectivity index (χ3v) is 2.77. The molecule has 0 radical (unpaired) electrons. The number of benzene rings is 1. The number of rotatable bonds is 3. The van der Waals surface area contributed by atoms with E-state index in [0.717, 1.165) is 31.7 Å². The van der Waals surface area contributed by atoms with Gasteiger partial charge in [-0.3, -0.25) is 0 Å². The van der Waals surface area contributed by atoms with Crippen LogP contribution in [0.15, 0.2) is 18.2 Å². The second-order valence-electron chi connectivity index (χ2n) is 3.98. The average molecular weight is 191 g/mol. The van der Waals surface area contributed by atoms with Gasteiger partial charge >= 0.3 is 0 Å². The molecule has 1 aromatic carbocycles. The van der Waals surface area contributed by atoms with Gasteiger partial charge in [0.2, 0.25) is 0 Å². The molecule has 1 aliphatic heterocycles. The van der Waals surface area contributed by atoms with Crippen LogP contribution in [0.3, 0.4) is 0 Å². The van der Waals surface area contributed by atoms with Crippen molar-refractivity contribution >= 4 is 0 Å². The first kappa shape index (κ1) is 9.53. The lowest BCUT2D eigenvalue weighted by Crippen LogP contribution is -2.00. The van der Waals surface area contributed by atoms with E-state index in [1.165, 1.54) is 11.1 Å². The van der Waals surface area contributed by atoms with Crippen LogP contribution >= 0.6 is 0 Å². The molecule has 1 unspecified atom stereocenters.